The maximum Gasteiger partial charge on any atom is 0.192 e. The van der Waals surface area contributed by atoms with Crippen LogP contribution in [0, 0.1) is 12.7 Å². The summed E-state index contributed by atoms with van der Waals surface area (Å²) in [6.45, 7) is 6.49. The van der Waals surface area contributed by atoms with Crippen LogP contribution in [0.1, 0.15) is 25.1 Å². The Morgan fingerprint density at radius 3 is 2.80 bits per heavy atom. The van der Waals surface area contributed by atoms with Gasteiger partial charge in [0.15, 0.2) is 5.16 Å². The molecule has 1 N–H and O–H groups in total. The Kier molecular flexibility index (Phi) is 5.09. The van der Waals surface area contributed by atoms with Gasteiger partial charge in [0, 0.05) is 34.9 Å². The number of benzene rings is 1. The van der Waals surface area contributed by atoms with Crippen molar-refractivity contribution in [3.05, 3.63) is 47.5 Å². The van der Waals surface area contributed by atoms with Crippen LogP contribution >= 0.6 is 11.8 Å². The Morgan fingerprint density at radius 1 is 1.30 bits per heavy atom. The Labute approximate surface area is 123 Å². The topological polar surface area (TPSA) is 37.8 Å². The maximum absolute atomic E-state index is 14.0. The summed E-state index contributed by atoms with van der Waals surface area (Å²) in [5.41, 5.74) is 1.57. The smallest absolute Gasteiger partial charge is 0.192 e. The summed E-state index contributed by atoms with van der Waals surface area (Å²) in [5, 5.41) is 3.89. The highest BCUT2D eigenvalue weighted by atomic mass is 32.2. The normalized spacial score (nSPS) is 11.1. The van der Waals surface area contributed by atoms with Gasteiger partial charge < -0.3 is 5.32 Å². The van der Waals surface area contributed by atoms with Gasteiger partial charge in [-0.15, -0.1) is 0 Å². The van der Waals surface area contributed by atoms with Crippen LogP contribution in [0.3, 0.4) is 0 Å². The van der Waals surface area contributed by atoms with Crippen molar-refractivity contribution in [2.75, 3.05) is 0 Å². The largest absolute Gasteiger partial charge is 0.310 e. The lowest BCUT2D eigenvalue weighted by Gasteiger charge is -2.12. The van der Waals surface area contributed by atoms with Crippen molar-refractivity contribution in [2.24, 2.45) is 0 Å². The first-order valence-corrected chi connectivity index (χ1v) is 7.36. The average molecular weight is 291 g/mol. The van der Waals surface area contributed by atoms with Gasteiger partial charge >= 0.3 is 0 Å². The third-order valence-electron chi connectivity index (χ3n) is 2.74. The lowest BCUT2D eigenvalue weighted by molar-refractivity contribution is 0.546. The molecule has 0 radical (unpaired) electrons. The van der Waals surface area contributed by atoms with E-state index in [1.165, 1.54) is 17.8 Å². The van der Waals surface area contributed by atoms with E-state index in [-0.39, 0.29) is 5.82 Å². The number of hydrogen-bond acceptors (Lipinski definition) is 4. The second kappa shape index (κ2) is 6.81. The van der Waals surface area contributed by atoms with Crippen molar-refractivity contribution in [3.63, 3.8) is 0 Å². The first-order valence-electron chi connectivity index (χ1n) is 6.54. The van der Waals surface area contributed by atoms with Gasteiger partial charge in [-0.2, -0.15) is 0 Å². The fourth-order valence-electron chi connectivity index (χ4n) is 1.69. The second-order valence-corrected chi connectivity index (χ2v) is 5.84. The van der Waals surface area contributed by atoms with E-state index in [1.807, 2.05) is 32.9 Å². The van der Waals surface area contributed by atoms with Crippen LogP contribution in [0.5, 0.6) is 0 Å². The third-order valence-corrected chi connectivity index (χ3v) is 3.72. The molecule has 1 aromatic heterocycles. The second-order valence-electron chi connectivity index (χ2n) is 4.83. The molecule has 0 aliphatic carbocycles. The average Bonchev–Trinajstić information content (AvgIpc) is 2.38. The van der Waals surface area contributed by atoms with E-state index in [9.17, 15) is 4.39 Å². The fraction of sp³-hybridized carbons (Fsp3) is 0.333. The Hall–Kier alpha value is -1.46. The van der Waals surface area contributed by atoms with Gasteiger partial charge in [0.1, 0.15) is 5.82 Å². The number of nitrogens with zero attached hydrogens (tertiary/aromatic N) is 2. The first-order chi connectivity index (χ1) is 9.56. The van der Waals surface area contributed by atoms with E-state index in [0.717, 1.165) is 10.6 Å². The number of halogens is 1. The third kappa shape index (κ3) is 4.02. The lowest BCUT2D eigenvalue weighted by atomic mass is 10.2. The number of rotatable bonds is 5. The molecule has 0 aliphatic heterocycles. The molecule has 2 rings (SSSR count). The van der Waals surface area contributed by atoms with Gasteiger partial charge in [-0.3, -0.25) is 0 Å². The summed E-state index contributed by atoms with van der Waals surface area (Å²) < 4.78 is 14.0. The number of aromatic nitrogens is 2. The minimum absolute atomic E-state index is 0.198. The standard InChI is InChI=1S/C15H18FN3S/c1-10(2)18-9-12-13(16)5-4-6-14(12)20-15-17-8-7-11(3)19-15/h4-8,10,18H,9H2,1-3H3. The molecule has 0 fully saturated rings. The summed E-state index contributed by atoms with van der Waals surface area (Å²) in [4.78, 5) is 9.40. The van der Waals surface area contributed by atoms with Gasteiger partial charge in [-0.25, -0.2) is 14.4 Å². The molecular formula is C15H18FN3S. The molecule has 0 aliphatic rings. The van der Waals surface area contributed by atoms with Crippen LogP contribution in [-0.2, 0) is 6.54 Å². The van der Waals surface area contributed by atoms with E-state index in [0.29, 0.717) is 23.3 Å². The molecule has 0 amide bonds. The zero-order valence-electron chi connectivity index (χ0n) is 11.9. The van der Waals surface area contributed by atoms with E-state index >= 15 is 0 Å². The van der Waals surface area contributed by atoms with Gasteiger partial charge in [0.25, 0.3) is 0 Å². The van der Waals surface area contributed by atoms with Crippen LogP contribution in [0.2, 0.25) is 0 Å². The molecule has 0 atom stereocenters. The molecule has 0 saturated heterocycles. The van der Waals surface area contributed by atoms with Crippen molar-refractivity contribution >= 4 is 11.8 Å². The highest BCUT2D eigenvalue weighted by Crippen LogP contribution is 2.29. The molecule has 0 unspecified atom stereocenters. The highest BCUT2D eigenvalue weighted by Gasteiger charge is 2.11. The molecular weight excluding hydrogens is 273 g/mol. The molecule has 1 heterocycles. The zero-order valence-corrected chi connectivity index (χ0v) is 12.7. The van der Waals surface area contributed by atoms with Crippen molar-refractivity contribution in [3.8, 4) is 0 Å². The van der Waals surface area contributed by atoms with Crippen LogP contribution < -0.4 is 5.32 Å². The summed E-state index contributed by atoms with van der Waals surface area (Å²) in [7, 11) is 0. The molecule has 5 heteroatoms. The van der Waals surface area contributed by atoms with Gasteiger partial charge in [-0.1, -0.05) is 19.9 Å². The molecule has 106 valence electrons. The molecule has 0 saturated carbocycles. The lowest BCUT2D eigenvalue weighted by Crippen LogP contribution is -2.22. The quantitative estimate of drug-likeness (QED) is 0.855. The van der Waals surface area contributed by atoms with Crippen LogP contribution in [0.4, 0.5) is 4.39 Å². The molecule has 0 bridgehead atoms. The van der Waals surface area contributed by atoms with E-state index < -0.39 is 0 Å². The molecule has 20 heavy (non-hydrogen) atoms. The molecule has 3 nitrogen and oxygen atoms in total. The Balaban J connectivity index is 2.24. The van der Waals surface area contributed by atoms with Crippen molar-refractivity contribution < 1.29 is 4.39 Å². The summed E-state index contributed by atoms with van der Waals surface area (Å²) in [6.07, 6.45) is 1.72. The Bertz CT molecular complexity index is 587. The van der Waals surface area contributed by atoms with Gasteiger partial charge in [0.2, 0.25) is 0 Å². The monoisotopic (exact) mass is 291 g/mol. The van der Waals surface area contributed by atoms with Gasteiger partial charge in [0.05, 0.1) is 0 Å². The van der Waals surface area contributed by atoms with Crippen LogP contribution in [-0.4, -0.2) is 16.0 Å². The summed E-state index contributed by atoms with van der Waals surface area (Å²) in [5.74, 6) is -0.198. The molecule has 1 aromatic carbocycles. The maximum atomic E-state index is 14.0. The summed E-state index contributed by atoms with van der Waals surface area (Å²) >= 11 is 1.39. The fourth-order valence-corrected chi connectivity index (χ4v) is 2.63. The predicted octanol–water partition coefficient (Wildman–Crippen LogP) is 3.57. The van der Waals surface area contributed by atoms with E-state index in [1.54, 1.807) is 12.3 Å². The zero-order chi connectivity index (χ0) is 14.5. The van der Waals surface area contributed by atoms with Crippen molar-refractivity contribution in [1.82, 2.24) is 15.3 Å². The molecule has 0 spiro atoms. The van der Waals surface area contributed by atoms with Crippen LogP contribution in [0.15, 0.2) is 40.5 Å². The molecule has 2 aromatic rings. The van der Waals surface area contributed by atoms with Crippen molar-refractivity contribution in [1.29, 1.82) is 0 Å². The minimum atomic E-state index is -0.198. The summed E-state index contributed by atoms with van der Waals surface area (Å²) in [6, 6.07) is 7.25. The van der Waals surface area contributed by atoms with E-state index in [2.05, 4.69) is 15.3 Å². The predicted molar refractivity (Wildman–Crippen MR) is 79.3 cm³/mol. The minimum Gasteiger partial charge on any atom is -0.310 e. The first kappa shape index (κ1) is 14.9. The van der Waals surface area contributed by atoms with Crippen molar-refractivity contribution in [2.45, 2.75) is 43.4 Å². The number of aryl methyl sites for hydroxylation is 1. The SMILES string of the molecule is Cc1ccnc(Sc2cccc(F)c2CNC(C)C)n1. The number of nitrogens with one attached hydrogen (secondary N) is 1. The Morgan fingerprint density at radius 2 is 2.10 bits per heavy atom. The highest BCUT2D eigenvalue weighted by molar-refractivity contribution is 7.99. The van der Waals surface area contributed by atoms with E-state index in [4.69, 9.17) is 0 Å². The van der Waals surface area contributed by atoms with Crippen LogP contribution in [0.25, 0.3) is 0 Å². The van der Waals surface area contributed by atoms with Gasteiger partial charge in [-0.05, 0) is 36.9 Å². The number of hydrogen-bond donors (Lipinski definition) is 1.